The Morgan fingerprint density at radius 2 is 1.67 bits per heavy atom. The molecule has 0 aliphatic heterocycles. The number of carbonyl (C=O) groups is 1. The number of carbonyl (C=O) groups excluding carboxylic acids is 1. The fourth-order valence-corrected chi connectivity index (χ4v) is 1.50. The van der Waals surface area contributed by atoms with Gasteiger partial charge in [-0.2, -0.15) is 15.8 Å². The summed E-state index contributed by atoms with van der Waals surface area (Å²) < 4.78 is 0. The molecule has 0 saturated heterocycles. The van der Waals surface area contributed by atoms with Crippen LogP contribution in [0.4, 0.5) is 5.69 Å². The number of hydrogen-bond donors (Lipinski definition) is 1. The van der Waals surface area contributed by atoms with Gasteiger partial charge in [0.15, 0.2) is 5.92 Å². The summed E-state index contributed by atoms with van der Waals surface area (Å²) in [5.41, 5.74) is 1.19. The Kier molecular flexibility index (Phi) is 4.43. The Morgan fingerprint density at radius 3 is 2.06 bits per heavy atom. The molecular formula is C13H10N4O. The van der Waals surface area contributed by atoms with Gasteiger partial charge in [0.1, 0.15) is 5.92 Å². The summed E-state index contributed by atoms with van der Waals surface area (Å²) in [6.45, 7) is 1.40. The van der Waals surface area contributed by atoms with Gasteiger partial charge in [-0.1, -0.05) is 12.1 Å². The van der Waals surface area contributed by atoms with Crippen molar-refractivity contribution in [2.75, 3.05) is 5.32 Å². The molecule has 0 bridgehead atoms. The van der Waals surface area contributed by atoms with Gasteiger partial charge in [0.05, 0.1) is 18.2 Å². The third kappa shape index (κ3) is 3.07. The van der Waals surface area contributed by atoms with Crippen molar-refractivity contribution in [3.05, 3.63) is 29.8 Å². The van der Waals surface area contributed by atoms with E-state index < -0.39 is 11.8 Å². The van der Waals surface area contributed by atoms with Crippen molar-refractivity contribution in [2.24, 2.45) is 5.92 Å². The zero-order valence-electron chi connectivity index (χ0n) is 9.71. The molecule has 1 aromatic rings. The Hall–Kier alpha value is -2.84. The van der Waals surface area contributed by atoms with Crippen LogP contribution >= 0.6 is 0 Å². The number of rotatable bonds is 3. The minimum atomic E-state index is -0.999. The molecule has 5 nitrogen and oxygen atoms in total. The van der Waals surface area contributed by atoms with Crippen molar-refractivity contribution in [3.63, 3.8) is 0 Å². The quantitative estimate of drug-likeness (QED) is 0.869. The molecule has 1 rings (SSSR count). The highest BCUT2D eigenvalue weighted by molar-refractivity contribution is 5.88. The van der Waals surface area contributed by atoms with Gasteiger partial charge in [-0.3, -0.25) is 4.79 Å². The first kappa shape index (κ1) is 13.2. The van der Waals surface area contributed by atoms with Crippen LogP contribution in [0.25, 0.3) is 0 Å². The Bertz CT molecular complexity index is 543. The average Bonchev–Trinajstić information content (AvgIpc) is 2.36. The molecule has 0 spiro atoms. The topological polar surface area (TPSA) is 100 Å². The van der Waals surface area contributed by atoms with Crippen LogP contribution in [-0.2, 0) is 4.79 Å². The van der Waals surface area contributed by atoms with Crippen LogP contribution in [0.2, 0.25) is 0 Å². The molecule has 0 aliphatic carbocycles. The van der Waals surface area contributed by atoms with E-state index in [4.69, 9.17) is 15.8 Å². The lowest BCUT2D eigenvalue weighted by atomic mass is 9.89. The predicted molar refractivity (Wildman–Crippen MR) is 63.8 cm³/mol. The lowest BCUT2D eigenvalue weighted by Gasteiger charge is -2.10. The minimum absolute atomic E-state index is 0.188. The highest BCUT2D eigenvalue weighted by atomic mass is 16.1. The molecule has 88 valence electrons. The van der Waals surface area contributed by atoms with E-state index in [2.05, 4.69) is 5.32 Å². The van der Waals surface area contributed by atoms with Crippen molar-refractivity contribution >= 4 is 11.6 Å². The summed E-state index contributed by atoms with van der Waals surface area (Å²) in [5.74, 6) is -1.97. The summed E-state index contributed by atoms with van der Waals surface area (Å²) in [6, 6.07) is 12.1. The van der Waals surface area contributed by atoms with Crippen LogP contribution in [0.3, 0.4) is 0 Å². The molecular weight excluding hydrogens is 228 g/mol. The number of anilines is 1. The molecule has 1 aromatic carbocycles. The Morgan fingerprint density at radius 1 is 1.11 bits per heavy atom. The second-order valence-electron chi connectivity index (χ2n) is 3.65. The van der Waals surface area contributed by atoms with Crippen LogP contribution < -0.4 is 5.32 Å². The molecule has 0 aromatic heterocycles. The van der Waals surface area contributed by atoms with E-state index in [1.807, 2.05) is 6.07 Å². The van der Waals surface area contributed by atoms with Crippen molar-refractivity contribution in [1.29, 1.82) is 15.8 Å². The molecule has 1 atom stereocenters. The van der Waals surface area contributed by atoms with Gasteiger partial charge in [-0.15, -0.1) is 0 Å². The molecule has 1 amide bonds. The minimum Gasteiger partial charge on any atom is -0.326 e. The zero-order valence-corrected chi connectivity index (χ0v) is 9.71. The van der Waals surface area contributed by atoms with Gasteiger partial charge in [0, 0.05) is 12.6 Å². The predicted octanol–water partition coefficient (Wildman–Crippen LogP) is 1.92. The molecule has 0 saturated carbocycles. The van der Waals surface area contributed by atoms with Gasteiger partial charge in [0.2, 0.25) is 5.91 Å². The van der Waals surface area contributed by atoms with Crippen molar-refractivity contribution in [3.8, 4) is 18.2 Å². The summed E-state index contributed by atoms with van der Waals surface area (Å²) >= 11 is 0. The maximum Gasteiger partial charge on any atom is 0.221 e. The van der Waals surface area contributed by atoms with E-state index in [0.29, 0.717) is 11.3 Å². The maximum absolute atomic E-state index is 10.8. The second kappa shape index (κ2) is 6.03. The van der Waals surface area contributed by atoms with Crippen LogP contribution in [-0.4, -0.2) is 5.91 Å². The highest BCUT2D eigenvalue weighted by Gasteiger charge is 2.22. The number of hydrogen-bond acceptors (Lipinski definition) is 4. The zero-order chi connectivity index (χ0) is 13.5. The normalized spacial score (nSPS) is 10.8. The van der Waals surface area contributed by atoms with Crippen LogP contribution in [0.5, 0.6) is 0 Å². The largest absolute Gasteiger partial charge is 0.326 e. The Balaban J connectivity index is 2.98. The molecule has 0 aliphatic rings. The standard InChI is InChI=1S/C13H10N4O/c1-9(18)17-12-4-2-10(3-5-12)13(8-16)11(6-14)7-15/h2-5,11,13H,1H3,(H,17,18). The van der Waals surface area contributed by atoms with Crippen LogP contribution in [0.1, 0.15) is 18.4 Å². The van der Waals surface area contributed by atoms with Crippen molar-refractivity contribution < 1.29 is 4.79 Å². The van der Waals surface area contributed by atoms with E-state index in [9.17, 15) is 4.79 Å². The molecule has 0 radical (unpaired) electrons. The Labute approximate surface area is 105 Å². The first-order chi connectivity index (χ1) is 8.62. The number of nitriles is 3. The SMILES string of the molecule is CC(=O)Nc1ccc(C(C#N)C(C#N)C#N)cc1. The lowest BCUT2D eigenvalue weighted by molar-refractivity contribution is -0.114. The smallest absolute Gasteiger partial charge is 0.221 e. The fourth-order valence-electron chi connectivity index (χ4n) is 1.50. The first-order valence-electron chi connectivity index (χ1n) is 5.18. The summed E-state index contributed by atoms with van der Waals surface area (Å²) in [5, 5.41) is 29.2. The van der Waals surface area contributed by atoms with Gasteiger partial charge in [-0.05, 0) is 17.7 Å². The average molecular weight is 238 g/mol. The fraction of sp³-hybridized carbons (Fsp3) is 0.231. The number of amides is 1. The molecule has 1 N–H and O–H groups in total. The molecule has 0 fully saturated rings. The van der Waals surface area contributed by atoms with E-state index in [0.717, 1.165) is 0 Å². The highest BCUT2D eigenvalue weighted by Crippen LogP contribution is 2.24. The van der Waals surface area contributed by atoms with Crippen molar-refractivity contribution in [1.82, 2.24) is 0 Å². The summed E-state index contributed by atoms with van der Waals surface area (Å²) in [7, 11) is 0. The monoisotopic (exact) mass is 238 g/mol. The summed E-state index contributed by atoms with van der Waals surface area (Å²) in [6.07, 6.45) is 0. The van der Waals surface area contributed by atoms with Crippen molar-refractivity contribution in [2.45, 2.75) is 12.8 Å². The molecule has 0 heterocycles. The van der Waals surface area contributed by atoms with Crippen LogP contribution in [0, 0.1) is 39.9 Å². The van der Waals surface area contributed by atoms with E-state index in [1.165, 1.54) is 6.92 Å². The van der Waals surface area contributed by atoms with Gasteiger partial charge >= 0.3 is 0 Å². The number of benzene rings is 1. The first-order valence-corrected chi connectivity index (χ1v) is 5.18. The second-order valence-corrected chi connectivity index (χ2v) is 3.65. The van der Waals surface area contributed by atoms with Crippen LogP contribution in [0.15, 0.2) is 24.3 Å². The molecule has 5 heteroatoms. The molecule has 18 heavy (non-hydrogen) atoms. The van der Waals surface area contributed by atoms with E-state index >= 15 is 0 Å². The number of nitrogens with one attached hydrogen (secondary N) is 1. The van der Waals surface area contributed by atoms with Gasteiger partial charge in [-0.25, -0.2) is 0 Å². The third-order valence-corrected chi connectivity index (χ3v) is 2.34. The number of nitrogens with zero attached hydrogens (tertiary/aromatic N) is 3. The maximum atomic E-state index is 10.8. The van der Waals surface area contributed by atoms with E-state index in [1.54, 1.807) is 36.4 Å². The van der Waals surface area contributed by atoms with Gasteiger partial charge < -0.3 is 5.32 Å². The lowest BCUT2D eigenvalue weighted by Crippen LogP contribution is -2.09. The third-order valence-electron chi connectivity index (χ3n) is 2.34. The van der Waals surface area contributed by atoms with Gasteiger partial charge in [0.25, 0.3) is 0 Å². The summed E-state index contributed by atoms with van der Waals surface area (Å²) in [4.78, 5) is 10.8. The van der Waals surface area contributed by atoms with E-state index in [-0.39, 0.29) is 5.91 Å². The molecule has 1 unspecified atom stereocenters.